The second-order valence-corrected chi connectivity index (χ2v) is 4.48. The second-order valence-electron chi connectivity index (χ2n) is 4.04. The fourth-order valence-electron chi connectivity index (χ4n) is 1.51. The average molecular weight is 285 g/mol. The number of benzene rings is 1. The van der Waals surface area contributed by atoms with Gasteiger partial charge in [0, 0.05) is 17.9 Å². The maximum Gasteiger partial charge on any atom is 0.311 e. The predicted octanol–water partition coefficient (Wildman–Crippen LogP) is 3.29. The summed E-state index contributed by atoms with van der Waals surface area (Å²) >= 11 is 5.81. The van der Waals surface area contributed by atoms with Gasteiger partial charge in [-0.15, -0.1) is 0 Å². The zero-order valence-electron chi connectivity index (χ0n) is 11.1. The SMILES string of the molecule is CCOC(=O)CCCC(=O)Oc1ccc(Cl)cc1C. The van der Waals surface area contributed by atoms with Gasteiger partial charge < -0.3 is 9.47 Å². The van der Waals surface area contributed by atoms with Gasteiger partial charge in [-0.2, -0.15) is 0 Å². The summed E-state index contributed by atoms with van der Waals surface area (Å²) in [7, 11) is 0. The molecule has 5 heteroatoms. The Bertz CT molecular complexity index is 457. The van der Waals surface area contributed by atoms with E-state index >= 15 is 0 Å². The Hall–Kier alpha value is -1.55. The van der Waals surface area contributed by atoms with E-state index in [0.717, 1.165) is 5.56 Å². The van der Waals surface area contributed by atoms with E-state index in [0.29, 0.717) is 23.8 Å². The van der Waals surface area contributed by atoms with E-state index in [1.54, 1.807) is 25.1 Å². The van der Waals surface area contributed by atoms with Crippen molar-refractivity contribution in [2.45, 2.75) is 33.1 Å². The van der Waals surface area contributed by atoms with Crippen LogP contribution in [0.3, 0.4) is 0 Å². The van der Waals surface area contributed by atoms with Crippen molar-refractivity contribution in [1.82, 2.24) is 0 Å². The van der Waals surface area contributed by atoms with Gasteiger partial charge in [0.1, 0.15) is 5.75 Å². The molecule has 0 spiro atoms. The van der Waals surface area contributed by atoms with Crippen LogP contribution in [-0.4, -0.2) is 18.5 Å². The van der Waals surface area contributed by atoms with Gasteiger partial charge in [-0.1, -0.05) is 11.6 Å². The maximum atomic E-state index is 11.6. The molecule has 0 heterocycles. The second kappa shape index (κ2) is 7.79. The molecule has 1 rings (SSSR count). The number of hydrogen-bond donors (Lipinski definition) is 0. The summed E-state index contributed by atoms with van der Waals surface area (Å²) in [5.41, 5.74) is 0.797. The van der Waals surface area contributed by atoms with Crippen LogP contribution in [0.15, 0.2) is 18.2 Å². The number of esters is 2. The van der Waals surface area contributed by atoms with Gasteiger partial charge in [0.25, 0.3) is 0 Å². The third-order valence-electron chi connectivity index (χ3n) is 2.43. The van der Waals surface area contributed by atoms with E-state index in [2.05, 4.69) is 0 Å². The molecular weight excluding hydrogens is 268 g/mol. The van der Waals surface area contributed by atoms with Gasteiger partial charge in [0.05, 0.1) is 6.61 Å². The number of hydrogen-bond acceptors (Lipinski definition) is 4. The molecule has 0 radical (unpaired) electrons. The monoisotopic (exact) mass is 284 g/mol. The Morgan fingerprint density at radius 1 is 1.21 bits per heavy atom. The zero-order chi connectivity index (χ0) is 14.3. The molecule has 0 atom stereocenters. The summed E-state index contributed by atoms with van der Waals surface area (Å²) < 4.78 is 9.96. The number of carbonyl (C=O) groups excluding carboxylic acids is 2. The van der Waals surface area contributed by atoms with Crippen LogP contribution in [0.2, 0.25) is 5.02 Å². The minimum Gasteiger partial charge on any atom is -0.466 e. The molecule has 0 amide bonds. The highest BCUT2D eigenvalue weighted by atomic mass is 35.5. The van der Waals surface area contributed by atoms with Gasteiger partial charge in [0.2, 0.25) is 0 Å². The van der Waals surface area contributed by atoms with E-state index in [9.17, 15) is 9.59 Å². The van der Waals surface area contributed by atoms with Crippen LogP contribution in [0, 0.1) is 6.92 Å². The molecule has 0 unspecified atom stereocenters. The van der Waals surface area contributed by atoms with Gasteiger partial charge >= 0.3 is 11.9 Å². The van der Waals surface area contributed by atoms with Crippen molar-refractivity contribution >= 4 is 23.5 Å². The number of ether oxygens (including phenoxy) is 2. The molecule has 1 aromatic carbocycles. The molecule has 1 aromatic rings. The highest BCUT2D eigenvalue weighted by Crippen LogP contribution is 2.22. The van der Waals surface area contributed by atoms with Crippen LogP contribution < -0.4 is 4.74 Å². The van der Waals surface area contributed by atoms with Crippen LogP contribution in [-0.2, 0) is 14.3 Å². The van der Waals surface area contributed by atoms with Crippen LogP contribution in [0.4, 0.5) is 0 Å². The minimum absolute atomic E-state index is 0.181. The first kappa shape index (κ1) is 15.5. The normalized spacial score (nSPS) is 10.1. The zero-order valence-corrected chi connectivity index (χ0v) is 11.8. The number of halogens is 1. The fourth-order valence-corrected chi connectivity index (χ4v) is 1.74. The molecule has 0 aliphatic heterocycles. The Morgan fingerprint density at radius 2 is 1.89 bits per heavy atom. The lowest BCUT2D eigenvalue weighted by molar-refractivity contribution is -0.143. The molecule has 19 heavy (non-hydrogen) atoms. The third-order valence-corrected chi connectivity index (χ3v) is 2.66. The molecule has 0 saturated carbocycles. The molecule has 0 fully saturated rings. The largest absolute Gasteiger partial charge is 0.466 e. The molecule has 104 valence electrons. The van der Waals surface area contributed by atoms with E-state index in [1.165, 1.54) is 0 Å². The summed E-state index contributed by atoms with van der Waals surface area (Å²) in [6.45, 7) is 3.91. The topological polar surface area (TPSA) is 52.6 Å². The number of rotatable bonds is 6. The van der Waals surface area contributed by atoms with Crippen molar-refractivity contribution < 1.29 is 19.1 Å². The molecule has 0 aliphatic rings. The van der Waals surface area contributed by atoms with Crippen LogP contribution in [0.5, 0.6) is 5.75 Å². The van der Waals surface area contributed by atoms with E-state index < -0.39 is 0 Å². The first-order valence-electron chi connectivity index (χ1n) is 6.15. The molecule has 0 saturated heterocycles. The summed E-state index contributed by atoms with van der Waals surface area (Å²) in [4.78, 5) is 22.7. The lowest BCUT2D eigenvalue weighted by atomic mass is 10.2. The molecule has 0 bridgehead atoms. The van der Waals surface area contributed by atoms with Gasteiger partial charge in [-0.3, -0.25) is 9.59 Å². The van der Waals surface area contributed by atoms with Crippen molar-refractivity contribution in [2.24, 2.45) is 0 Å². The van der Waals surface area contributed by atoms with Crippen LogP contribution in [0.1, 0.15) is 31.7 Å². The van der Waals surface area contributed by atoms with Crippen molar-refractivity contribution in [1.29, 1.82) is 0 Å². The lowest BCUT2D eigenvalue weighted by Crippen LogP contribution is -2.10. The number of carbonyl (C=O) groups is 2. The molecule has 4 nitrogen and oxygen atoms in total. The fraction of sp³-hybridized carbons (Fsp3) is 0.429. The lowest BCUT2D eigenvalue weighted by Gasteiger charge is -2.07. The van der Waals surface area contributed by atoms with Crippen molar-refractivity contribution in [2.75, 3.05) is 6.61 Å². The maximum absolute atomic E-state index is 11.6. The first-order valence-corrected chi connectivity index (χ1v) is 6.53. The highest BCUT2D eigenvalue weighted by molar-refractivity contribution is 6.30. The Morgan fingerprint density at radius 3 is 2.53 bits per heavy atom. The first-order chi connectivity index (χ1) is 9.02. The average Bonchev–Trinajstić information content (AvgIpc) is 2.33. The molecule has 0 aliphatic carbocycles. The third kappa shape index (κ3) is 5.75. The number of aryl methyl sites for hydroxylation is 1. The van der Waals surface area contributed by atoms with Gasteiger partial charge in [-0.25, -0.2) is 0 Å². The van der Waals surface area contributed by atoms with E-state index in [1.807, 2.05) is 6.92 Å². The summed E-state index contributed by atoms with van der Waals surface area (Å²) in [6, 6.07) is 5.04. The van der Waals surface area contributed by atoms with Crippen molar-refractivity contribution in [3.63, 3.8) is 0 Å². The molecule has 0 N–H and O–H groups in total. The Balaban J connectivity index is 2.37. The highest BCUT2D eigenvalue weighted by Gasteiger charge is 2.09. The minimum atomic E-state index is -0.366. The predicted molar refractivity (Wildman–Crippen MR) is 72.3 cm³/mol. The van der Waals surface area contributed by atoms with Crippen molar-refractivity contribution in [3.8, 4) is 5.75 Å². The van der Waals surface area contributed by atoms with Crippen LogP contribution >= 0.6 is 11.6 Å². The summed E-state index contributed by atoms with van der Waals surface area (Å²) in [5, 5.41) is 0.597. The standard InChI is InChI=1S/C14H17ClO4/c1-3-18-13(16)5-4-6-14(17)19-12-8-7-11(15)9-10(12)2/h7-9H,3-6H2,1-2H3. The quantitative estimate of drug-likeness (QED) is 0.594. The van der Waals surface area contributed by atoms with E-state index in [4.69, 9.17) is 21.1 Å². The van der Waals surface area contributed by atoms with E-state index in [-0.39, 0.29) is 24.8 Å². The van der Waals surface area contributed by atoms with Crippen LogP contribution in [0.25, 0.3) is 0 Å². The van der Waals surface area contributed by atoms with Gasteiger partial charge in [0.15, 0.2) is 0 Å². The smallest absolute Gasteiger partial charge is 0.311 e. The molecular formula is C14H17ClO4. The molecule has 0 aromatic heterocycles. The summed E-state index contributed by atoms with van der Waals surface area (Å²) in [5.74, 6) is -0.168. The van der Waals surface area contributed by atoms with Crippen molar-refractivity contribution in [3.05, 3.63) is 28.8 Å². The summed E-state index contributed by atoms with van der Waals surface area (Å²) in [6.07, 6.45) is 0.827. The van der Waals surface area contributed by atoms with Gasteiger partial charge in [-0.05, 0) is 44.0 Å². The Labute approximate surface area is 117 Å². The Kier molecular flexibility index (Phi) is 6.36.